The number of amides is 3. The minimum absolute atomic E-state index is 0.120. The van der Waals surface area contributed by atoms with Crippen LogP contribution in [-0.2, 0) is 4.74 Å². The number of carbonyl (C=O) groups is 3. The molecule has 1 fully saturated rings. The van der Waals surface area contributed by atoms with E-state index in [1.165, 1.54) is 28.0 Å². The maximum absolute atomic E-state index is 13.5. The molecule has 0 unspecified atom stereocenters. The number of ether oxygens (including phenoxy) is 1. The first kappa shape index (κ1) is 18.1. The molecule has 0 bridgehead atoms. The Morgan fingerprint density at radius 2 is 1.79 bits per heavy atom. The molecule has 24 heavy (non-hydrogen) atoms. The van der Waals surface area contributed by atoms with Gasteiger partial charge in [0, 0.05) is 26.2 Å². The van der Waals surface area contributed by atoms with E-state index in [9.17, 15) is 18.8 Å². The fraction of sp³-hybridized carbons (Fsp3) is 0.400. The lowest BCUT2D eigenvalue weighted by atomic mass is 10.2. The topological polar surface area (TPSA) is 79.0 Å². The van der Waals surface area contributed by atoms with Crippen LogP contribution in [0.4, 0.5) is 14.0 Å². The Labute approximate surface area is 143 Å². The highest BCUT2D eigenvalue weighted by atomic mass is 32.2. The minimum atomic E-state index is -0.670. The van der Waals surface area contributed by atoms with E-state index in [4.69, 9.17) is 4.74 Å². The number of rotatable bonds is 2. The summed E-state index contributed by atoms with van der Waals surface area (Å²) in [6.07, 6.45) is -0.398. The first-order valence-corrected chi connectivity index (χ1v) is 8.27. The second kappa shape index (κ2) is 8.53. The van der Waals surface area contributed by atoms with Gasteiger partial charge in [0.15, 0.2) is 0 Å². The lowest BCUT2D eigenvalue weighted by Gasteiger charge is -2.33. The second-order valence-corrected chi connectivity index (χ2v) is 5.71. The Kier molecular flexibility index (Phi) is 6.42. The van der Waals surface area contributed by atoms with Crippen molar-refractivity contribution in [3.05, 3.63) is 35.6 Å². The number of piperazine rings is 1. The van der Waals surface area contributed by atoms with Crippen molar-refractivity contribution in [2.45, 2.75) is 6.92 Å². The highest BCUT2D eigenvalue weighted by Crippen LogP contribution is 2.12. The summed E-state index contributed by atoms with van der Waals surface area (Å²) >= 11 is 0.601. The van der Waals surface area contributed by atoms with E-state index < -0.39 is 17.8 Å². The molecule has 0 aromatic heterocycles. The monoisotopic (exact) mass is 355 g/mol. The molecule has 1 heterocycles. The van der Waals surface area contributed by atoms with Gasteiger partial charge in [-0.2, -0.15) is 0 Å². The molecule has 1 aromatic rings. The molecule has 1 aliphatic heterocycles. The van der Waals surface area contributed by atoms with Crippen LogP contribution < -0.4 is 4.72 Å². The molecule has 3 amide bonds. The number of halogens is 1. The third-order valence-corrected chi connectivity index (χ3v) is 4.13. The summed E-state index contributed by atoms with van der Waals surface area (Å²) in [5.41, 5.74) is -0.120. The summed E-state index contributed by atoms with van der Waals surface area (Å²) in [4.78, 5) is 38.5. The molecule has 1 saturated heterocycles. The quantitative estimate of drug-likeness (QED) is 0.822. The van der Waals surface area contributed by atoms with Gasteiger partial charge in [0.2, 0.25) is 0 Å². The molecule has 0 aliphatic carbocycles. The number of benzene rings is 1. The molecule has 0 spiro atoms. The number of hydrogen-bond donors (Lipinski definition) is 1. The summed E-state index contributed by atoms with van der Waals surface area (Å²) in [6.45, 7) is 3.46. The van der Waals surface area contributed by atoms with E-state index in [1.54, 1.807) is 13.0 Å². The van der Waals surface area contributed by atoms with E-state index in [0.717, 1.165) is 0 Å². The van der Waals surface area contributed by atoms with Crippen molar-refractivity contribution in [1.29, 1.82) is 0 Å². The van der Waals surface area contributed by atoms with Gasteiger partial charge in [0.1, 0.15) is 5.82 Å². The van der Waals surface area contributed by atoms with Gasteiger partial charge in [-0.05, 0) is 19.1 Å². The zero-order chi connectivity index (χ0) is 17.5. The molecule has 0 radical (unpaired) electrons. The molecule has 1 aliphatic rings. The van der Waals surface area contributed by atoms with Gasteiger partial charge in [-0.3, -0.25) is 14.3 Å². The summed E-state index contributed by atoms with van der Waals surface area (Å²) in [7, 11) is 0. The minimum Gasteiger partial charge on any atom is -0.450 e. The molecule has 0 atom stereocenters. The van der Waals surface area contributed by atoms with Crippen molar-refractivity contribution < 1.29 is 23.5 Å². The van der Waals surface area contributed by atoms with Crippen molar-refractivity contribution in [3.8, 4) is 0 Å². The highest BCUT2D eigenvalue weighted by Gasteiger charge is 2.25. The van der Waals surface area contributed by atoms with E-state index in [2.05, 4.69) is 4.72 Å². The molecule has 0 saturated carbocycles. The third-order valence-electron chi connectivity index (χ3n) is 3.41. The van der Waals surface area contributed by atoms with Crippen molar-refractivity contribution >= 4 is 29.2 Å². The number of carbonyl (C=O) groups excluding carboxylic acids is 3. The number of hydrogen-bond acceptors (Lipinski definition) is 5. The van der Waals surface area contributed by atoms with Gasteiger partial charge < -0.3 is 14.5 Å². The van der Waals surface area contributed by atoms with Gasteiger partial charge in [-0.15, -0.1) is 0 Å². The van der Waals surface area contributed by atoms with Crippen molar-refractivity contribution in [2.24, 2.45) is 0 Å². The molecule has 1 N–H and O–H groups in total. The van der Waals surface area contributed by atoms with Crippen LogP contribution in [-0.4, -0.2) is 59.8 Å². The van der Waals surface area contributed by atoms with Crippen LogP contribution in [0.5, 0.6) is 0 Å². The van der Waals surface area contributed by atoms with Crippen LogP contribution in [0.3, 0.4) is 0 Å². The van der Waals surface area contributed by atoms with Crippen LogP contribution in [0.1, 0.15) is 17.3 Å². The zero-order valence-electron chi connectivity index (χ0n) is 13.2. The fourth-order valence-corrected chi connectivity index (χ4v) is 2.74. The molecule has 9 heteroatoms. The predicted octanol–water partition coefficient (Wildman–Crippen LogP) is 2.10. The molecule has 130 valence electrons. The van der Waals surface area contributed by atoms with Gasteiger partial charge >= 0.3 is 11.3 Å². The zero-order valence-corrected chi connectivity index (χ0v) is 14.0. The SMILES string of the molecule is CCOC(=O)N1CCN(C(=O)SNC(=O)c2ccccc2F)CC1. The predicted molar refractivity (Wildman–Crippen MR) is 87.0 cm³/mol. The maximum atomic E-state index is 13.5. The maximum Gasteiger partial charge on any atom is 0.409 e. The van der Waals surface area contributed by atoms with Gasteiger partial charge in [-0.25, -0.2) is 9.18 Å². The molecular weight excluding hydrogens is 337 g/mol. The molecular formula is C15H18FN3O4S. The summed E-state index contributed by atoms with van der Waals surface area (Å²) in [5, 5.41) is -0.358. The lowest BCUT2D eigenvalue weighted by Crippen LogP contribution is -2.50. The van der Waals surface area contributed by atoms with Crippen LogP contribution in [0.25, 0.3) is 0 Å². The lowest BCUT2D eigenvalue weighted by molar-refractivity contribution is 0.0882. The van der Waals surface area contributed by atoms with E-state index in [0.29, 0.717) is 44.7 Å². The Hall–Kier alpha value is -2.29. The molecule has 1 aromatic carbocycles. The normalized spacial score (nSPS) is 14.2. The van der Waals surface area contributed by atoms with Crippen molar-refractivity contribution in [2.75, 3.05) is 32.8 Å². The summed E-state index contributed by atoms with van der Waals surface area (Å²) in [6, 6.07) is 5.54. The summed E-state index contributed by atoms with van der Waals surface area (Å²) in [5.74, 6) is -1.32. The number of nitrogens with zero attached hydrogens (tertiary/aromatic N) is 2. The second-order valence-electron chi connectivity index (χ2n) is 4.95. The van der Waals surface area contributed by atoms with Gasteiger partial charge in [-0.1, -0.05) is 12.1 Å². The standard InChI is InChI=1S/C15H18FN3O4S/c1-2-23-14(21)18-7-9-19(10-8-18)15(22)24-17-13(20)11-5-3-4-6-12(11)16/h3-6H,2,7-10H2,1H3,(H,17,20). The van der Waals surface area contributed by atoms with Crippen LogP contribution >= 0.6 is 11.9 Å². The Bertz CT molecular complexity index is 620. The average molecular weight is 355 g/mol. The van der Waals surface area contributed by atoms with Gasteiger partial charge in [0.25, 0.3) is 5.91 Å². The van der Waals surface area contributed by atoms with Crippen molar-refractivity contribution in [3.63, 3.8) is 0 Å². The van der Waals surface area contributed by atoms with E-state index in [-0.39, 0.29) is 10.8 Å². The largest absolute Gasteiger partial charge is 0.450 e. The third kappa shape index (κ3) is 4.60. The Balaban J connectivity index is 1.79. The smallest absolute Gasteiger partial charge is 0.409 e. The molecule has 2 rings (SSSR count). The Morgan fingerprint density at radius 3 is 2.42 bits per heavy atom. The first-order valence-electron chi connectivity index (χ1n) is 7.45. The Morgan fingerprint density at radius 1 is 1.17 bits per heavy atom. The van der Waals surface area contributed by atoms with E-state index >= 15 is 0 Å². The van der Waals surface area contributed by atoms with Crippen molar-refractivity contribution in [1.82, 2.24) is 14.5 Å². The van der Waals surface area contributed by atoms with E-state index in [1.807, 2.05) is 0 Å². The van der Waals surface area contributed by atoms with Gasteiger partial charge in [0.05, 0.1) is 24.1 Å². The first-order chi connectivity index (χ1) is 11.5. The average Bonchev–Trinajstić information content (AvgIpc) is 2.60. The fourth-order valence-electron chi connectivity index (χ4n) is 2.14. The summed E-state index contributed by atoms with van der Waals surface area (Å²) < 4.78 is 20.7. The number of nitrogens with one attached hydrogen (secondary N) is 1. The molecule has 7 nitrogen and oxygen atoms in total. The van der Waals surface area contributed by atoms with Crippen LogP contribution in [0.2, 0.25) is 0 Å². The van der Waals surface area contributed by atoms with Crippen LogP contribution in [0, 0.1) is 5.82 Å². The van der Waals surface area contributed by atoms with Crippen LogP contribution in [0.15, 0.2) is 24.3 Å². The highest BCUT2D eigenvalue weighted by molar-refractivity contribution is 8.12.